The number of aliphatic hydroxyl groups excluding tert-OH is 1. The number of aromatic nitrogens is 3. The van der Waals surface area contributed by atoms with Crippen LogP contribution in [-0.2, 0) is 9.59 Å². The number of fused-ring (bicyclic) bond motifs is 1. The molecule has 39 heavy (non-hydrogen) atoms. The van der Waals surface area contributed by atoms with Crippen LogP contribution >= 0.6 is 11.3 Å². The Kier molecular flexibility index (Phi) is 6.82. The molecular formula is C29H28N4O5S. The van der Waals surface area contributed by atoms with Crippen molar-refractivity contribution in [2.75, 3.05) is 11.5 Å². The lowest BCUT2D eigenvalue weighted by molar-refractivity contribution is -0.132. The first-order chi connectivity index (χ1) is 18.6. The van der Waals surface area contributed by atoms with E-state index in [1.54, 1.807) is 38.1 Å². The molecule has 1 fully saturated rings. The highest BCUT2D eigenvalue weighted by atomic mass is 32.1. The lowest BCUT2D eigenvalue weighted by Gasteiger charge is -2.23. The molecule has 4 aromatic rings. The topological polar surface area (TPSA) is 114 Å². The van der Waals surface area contributed by atoms with Crippen LogP contribution in [0.1, 0.15) is 64.2 Å². The zero-order valence-electron chi connectivity index (χ0n) is 22.3. The number of carbonyl (C=O) groups is 3. The van der Waals surface area contributed by atoms with Crippen LogP contribution in [0.3, 0.4) is 0 Å². The van der Waals surface area contributed by atoms with Crippen molar-refractivity contribution in [2.24, 2.45) is 0 Å². The highest BCUT2D eigenvalue weighted by Gasteiger charge is 2.48. The van der Waals surface area contributed by atoms with Gasteiger partial charge in [0.15, 0.2) is 16.7 Å². The Bertz CT molecular complexity index is 1660. The van der Waals surface area contributed by atoms with E-state index < -0.39 is 17.7 Å². The van der Waals surface area contributed by atoms with Gasteiger partial charge in [-0.05, 0) is 56.5 Å². The van der Waals surface area contributed by atoms with Crippen molar-refractivity contribution in [1.29, 1.82) is 0 Å². The van der Waals surface area contributed by atoms with Gasteiger partial charge in [0, 0.05) is 13.1 Å². The lowest BCUT2D eigenvalue weighted by atomic mass is 9.96. The second-order valence-electron chi connectivity index (χ2n) is 9.48. The largest absolute Gasteiger partial charge is 0.505 e. The summed E-state index contributed by atoms with van der Waals surface area (Å²) in [6, 6.07) is 9.84. The molecule has 10 heteroatoms. The van der Waals surface area contributed by atoms with E-state index in [-0.39, 0.29) is 27.9 Å². The number of thiazole rings is 1. The molecule has 0 saturated carbocycles. The van der Waals surface area contributed by atoms with Gasteiger partial charge < -0.3 is 14.2 Å². The number of Topliss-reactive ketones (excluding diaryl/α,β-unsaturated/α-hetero) is 2. The van der Waals surface area contributed by atoms with Crippen molar-refractivity contribution in [3.05, 3.63) is 81.3 Å². The van der Waals surface area contributed by atoms with E-state index >= 15 is 0 Å². The Morgan fingerprint density at radius 1 is 1.10 bits per heavy atom. The number of anilines is 1. The maximum atomic E-state index is 13.6. The predicted molar refractivity (Wildman–Crippen MR) is 149 cm³/mol. The van der Waals surface area contributed by atoms with Crippen LogP contribution in [0.25, 0.3) is 11.4 Å². The summed E-state index contributed by atoms with van der Waals surface area (Å²) in [5, 5.41) is 11.8. The fourth-order valence-electron chi connectivity index (χ4n) is 4.80. The summed E-state index contributed by atoms with van der Waals surface area (Å²) >= 11 is 1.05. The Hall–Kier alpha value is -4.31. The molecule has 9 nitrogen and oxygen atoms in total. The number of pyridine rings is 1. The molecule has 1 atom stereocenters. The first-order valence-electron chi connectivity index (χ1n) is 12.6. The summed E-state index contributed by atoms with van der Waals surface area (Å²) < 4.78 is 7.54. The lowest BCUT2D eigenvalue weighted by Crippen LogP contribution is -2.29. The first kappa shape index (κ1) is 26.3. The fraction of sp³-hybridized carbons (Fsp3) is 0.276. The first-order valence-corrected chi connectivity index (χ1v) is 13.4. The van der Waals surface area contributed by atoms with Crippen LogP contribution in [0, 0.1) is 20.8 Å². The number of ketones is 2. The molecule has 1 unspecified atom stereocenters. The molecule has 4 heterocycles. The SMILES string of the molecule is CCCOc1ccc(C2/C(=C(\O)c3nc4c(C)cccn4c3C)C(=O)C(=O)N2c2nc(C)c(C(C)=O)s2)cc1. The van der Waals surface area contributed by atoms with E-state index in [0.29, 0.717) is 39.8 Å². The standard InChI is InChI=1S/C29H28N4O5S/c1-6-14-38-20-11-9-19(10-12-20)23-21(24(35)22-17(4)32-13-7-8-15(2)27(32)31-22)25(36)28(37)33(23)29-30-16(3)26(39-29)18(5)34/h7-13,23,35H,6,14H2,1-5H3/b24-21+. The number of hydrogen-bond donors (Lipinski definition) is 1. The van der Waals surface area contributed by atoms with Crippen LogP contribution in [0.4, 0.5) is 5.13 Å². The Morgan fingerprint density at radius 3 is 2.44 bits per heavy atom. The number of nitrogens with zero attached hydrogens (tertiary/aromatic N) is 4. The number of ether oxygens (including phenoxy) is 1. The molecule has 1 aliphatic rings. The van der Waals surface area contributed by atoms with Crippen molar-refractivity contribution in [1.82, 2.24) is 14.4 Å². The van der Waals surface area contributed by atoms with Crippen LogP contribution in [0.2, 0.25) is 0 Å². The molecule has 0 spiro atoms. The van der Waals surface area contributed by atoms with E-state index in [4.69, 9.17) is 4.74 Å². The van der Waals surface area contributed by atoms with Crippen LogP contribution in [0.5, 0.6) is 5.75 Å². The highest BCUT2D eigenvalue weighted by Crippen LogP contribution is 2.44. The maximum absolute atomic E-state index is 13.6. The minimum absolute atomic E-state index is 0.0939. The van der Waals surface area contributed by atoms with Gasteiger partial charge in [-0.25, -0.2) is 9.97 Å². The van der Waals surface area contributed by atoms with Gasteiger partial charge in [0.05, 0.1) is 34.5 Å². The number of hydrogen-bond acceptors (Lipinski definition) is 8. The Morgan fingerprint density at radius 2 is 1.82 bits per heavy atom. The summed E-state index contributed by atoms with van der Waals surface area (Å²) in [5.74, 6) is -1.60. The third-order valence-corrected chi connectivity index (χ3v) is 7.99. The fourth-order valence-corrected chi connectivity index (χ4v) is 5.79. The molecule has 0 aliphatic carbocycles. The van der Waals surface area contributed by atoms with Crippen molar-refractivity contribution in [3.63, 3.8) is 0 Å². The molecule has 200 valence electrons. The molecule has 1 amide bonds. The molecule has 0 radical (unpaired) electrons. The second-order valence-corrected chi connectivity index (χ2v) is 10.5. The number of rotatable bonds is 7. The number of benzene rings is 1. The van der Waals surface area contributed by atoms with E-state index in [0.717, 1.165) is 23.3 Å². The van der Waals surface area contributed by atoms with Crippen LogP contribution in [0.15, 0.2) is 48.2 Å². The predicted octanol–water partition coefficient (Wildman–Crippen LogP) is 5.33. The molecular weight excluding hydrogens is 516 g/mol. The van der Waals surface area contributed by atoms with E-state index in [9.17, 15) is 19.5 Å². The van der Waals surface area contributed by atoms with E-state index in [1.165, 1.54) is 11.8 Å². The van der Waals surface area contributed by atoms with Crippen molar-refractivity contribution in [3.8, 4) is 5.75 Å². The molecule has 1 N–H and O–H groups in total. The minimum Gasteiger partial charge on any atom is -0.505 e. The molecule has 3 aromatic heterocycles. The molecule has 1 aromatic carbocycles. The number of aryl methyl sites for hydroxylation is 3. The van der Waals surface area contributed by atoms with Gasteiger partial charge in [0.25, 0.3) is 5.78 Å². The average molecular weight is 545 g/mol. The van der Waals surface area contributed by atoms with Crippen molar-refractivity contribution < 1.29 is 24.2 Å². The average Bonchev–Trinajstić information content (AvgIpc) is 3.55. The smallest absolute Gasteiger partial charge is 0.301 e. The number of imidazole rings is 1. The summed E-state index contributed by atoms with van der Waals surface area (Å²) in [4.78, 5) is 50.0. The van der Waals surface area contributed by atoms with Gasteiger partial charge in [-0.15, -0.1) is 0 Å². The minimum atomic E-state index is -0.985. The quantitative estimate of drug-likeness (QED) is 0.145. The molecule has 5 rings (SSSR count). The van der Waals surface area contributed by atoms with E-state index in [2.05, 4.69) is 9.97 Å². The second kappa shape index (κ2) is 10.1. The van der Waals surface area contributed by atoms with Gasteiger partial charge in [0.2, 0.25) is 0 Å². The number of aliphatic hydroxyl groups is 1. The number of amides is 1. The monoisotopic (exact) mass is 544 g/mol. The van der Waals surface area contributed by atoms with E-state index in [1.807, 2.05) is 36.6 Å². The normalized spacial score (nSPS) is 16.8. The summed E-state index contributed by atoms with van der Waals surface area (Å²) in [6.07, 6.45) is 2.68. The van der Waals surface area contributed by atoms with Crippen LogP contribution in [-0.4, -0.2) is 43.6 Å². The third kappa shape index (κ3) is 4.40. The maximum Gasteiger partial charge on any atom is 0.301 e. The van der Waals surface area contributed by atoms with Gasteiger partial charge in [-0.2, -0.15) is 0 Å². The van der Waals surface area contributed by atoms with Crippen LogP contribution < -0.4 is 9.64 Å². The third-order valence-electron chi connectivity index (χ3n) is 6.73. The molecule has 0 bridgehead atoms. The van der Waals surface area contributed by atoms with Gasteiger partial charge >= 0.3 is 5.91 Å². The zero-order valence-corrected chi connectivity index (χ0v) is 23.1. The summed E-state index contributed by atoms with van der Waals surface area (Å²) in [6.45, 7) is 9.38. The molecule has 1 aliphatic heterocycles. The summed E-state index contributed by atoms with van der Waals surface area (Å²) in [7, 11) is 0. The molecule has 1 saturated heterocycles. The van der Waals surface area contributed by atoms with Gasteiger partial charge in [-0.1, -0.05) is 36.5 Å². The Labute approximate surface area is 229 Å². The Balaban J connectivity index is 1.72. The van der Waals surface area contributed by atoms with Gasteiger partial charge in [0.1, 0.15) is 17.1 Å². The van der Waals surface area contributed by atoms with Gasteiger partial charge in [-0.3, -0.25) is 19.3 Å². The van der Waals surface area contributed by atoms with Crippen molar-refractivity contribution >= 4 is 45.3 Å². The van der Waals surface area contributed by atoms with Crippen molar-refractivity contribution in [2.45, 2.75) is 47.1 Å². The zero-order chi connectivity index (χ0) is 28.0. The summed E-state index contributed by atoms with van der Waals surface area (Å²) in [5.41, 5.74) is 3.34. The highest BCUT2D eigenvalue weighted by molar-refractivity contribution is 7.18. The number of carbonyl (C=O) groups excluding carboxylic acids is 3.